The summed E-state index contributed by atoms with van der Waals surface area (Å²) >= 11 is 6.68. The number of imidazole rings is 1. The second-order valence-corrected chi connectivity index (χ2v) is 11.3. The number of nitrogens with one attached hydrogen (secondary N) is 1. The second kappa shape index (κ2) is 12.6. The van der Waals surface area contributed by atoms with Crippen molar-refractivity contribution in [1.82, 2.24) is 14.9 Å². The number of aliphatic hydroxyl groups excluding tert-OH is 1. The fourth-order valence-electron chi connectivity index (χ4n) is 5.41. The minimum absolute atomic E-state index is 0.0759. The molecule has 0 aliphatic carbocycles. The molecule has 8 nitrogen and oxygen atoms in total. The van der Waals surface area contributed by atoms with Crippen LogP contribution in [-0.2, 0) is 11.3 Å². The predicted octanol–water partition coefficient (Wildman–Crippen LogP) is 6.79. The van der Waals surface area contributed by atoms with Gasteiger partial charge in [0.05, 0.1) is 41.4 Å². The van der Waals surface area contributed by atoms with Gasteiger partial charge >= 0.3 is 5.97 Å². The Morgan fingerprint density at radius 2 is 1.70 bits per heavy atom. The SMILES string of the molecule is Cc1ccc(Oc2nc3cc(-c4ccc(-c5ccc(CN6CC(COCCO)C6)cc5)cc4)c(Cl)cc3[nH]2)cc1C(=O)O. The van der Waals surface area contributed by atoms with Gasteiger partial charge in [-0.05, 0) is 59.0 Å². The second-order valence-electron chi connectivity index (χ2n) is 10.9. The topological polar surface area (TPSA) is 108 Å². The number of carbonyl (C=O) groups is 1. The van der Waals surface area contributed by atoms with Crippen LogP contribution in [0.2, 0.25) is 5.02 Å². The lowest BCUT2D eigenvalue weighted by atomic mass is 9.98. The highest BCUT2D eigenvalue weighted by molar-refractivity contribution is 6.34. The van der Waals surface area contributed by atoms with Gasteiger partial charge in [-0.3, -0.25) is 4.90 Å². The van der Waals surface area contributed by atoms with Gasteiger partial charge < -0.3 is 24.7 Å². The molecule has 2 heterocycles. The number of ether oxygens (including phenoxy) is 2. The number of aromatic nitrogens is 2. The number of aromatic carboxylic acids is 1. The number of carboxylic acids is 1. The number of hydrogen-bond acceptors (Lipinski definition) is 6. The van der Waals surface area contributed by atoms with Crippen LogP contribution in [0.25, 0.3) is 33.3 Å². The zero-order valence-corrected chi connectivity index (χ0v) is 24.5. The van der Waals surface area contributed by atoms with E-state index >= 15 is 0 Å². The van der Waals surface area contributed by atoms with Gasteiger partial charge in [-0.15, -0.1) is 0 Å². The van der Waals surface area contributed by atoms with Gasteiger partial charge in [0.25, 0.3) is 6.01 Å². The van der Waals surface area contributed by atoms with Crippen LogP contribution in [-0.4, -0.2) is 64.0 Å². The Bertz CT molecular complexity index is 1750. The third-order valence-electron chi connectivity index (χ3n) is 7.71. The zero-order valence-electron chi connectivity index (χ0n) is 23.7. The molecule has 1 aliphatic rings. The van der Waals surface area contributed by atoms with Crippen molar-refractivity contribution < 1.29 is 24.5 Å². The van der Waals surface area contributed by atoms with Crippen molar-refractivity contribution in [2.75, 3.05) is 32.9 Å². The van der Waals surface area contributed by atoms with Crippen LogP contribution in [0.15, 0.2) is 78.9 Å². The summed E-state index contributed by atoms with van der Waals surface area (Å²) in [4.78, 5) is 21.5. The number of fused-ring (bicyclic) bond motifs is 1. The maximum Gasteiger partial charge on any atom is 0.336 e. The molecule has 0 unspecified atom stereocenters. The van der Waals surface area contributed by atoms with E-state index in [9.17, 15) is 9.90 Å². The van der Waals surface area contributed by atoms with E-state index in [4.69, 9.17) is 26.2 Å². The van der Waals surface area contributed by atoms with Crippen LogP contribution in [0.4, 0.5) is 0 Å². The first-order valence-electron chi connectivity index (χ1n) is 14.2. The predicted molar refractivity (Wildman–Crippen MR) is 167 cm³/mol. The molecule has 0 saturated carbocycles. The Morgan fingerprint density at radius 3 is 2.40 bits per heavy atom. The number of likely N-dealkylation sites (tertiary alicyclic amines) is 1. The lowest BCUT2D eigenvalue weighted by molar-refractivity contribution is 0.000500. The number of hydrogen-bond donors (Lipinski definition) is 3. The molecular formula is C34H32ClN3O5. The van der Waals surface area contributed by atoms with E-state index in [1.54, 1.807) is 19.1 Å². The molecule has 0 amide bonds. The summed E-state index contributed by atoms with van der Waals surface area (Å²) in [7, 11) is 0. The average molecular weight is 598 g/mol. The largest absolute Gasteiger partial charge is 0.478 e. The molecule has 220 valence electrons. The Morgan fingerprint density at radius 1 is 1.00 bits per heavy atom. The van der Waals surface area contributed by atoms with Crippen molar-refractivity contribution in [3.8, 4) is 34.0 Å². The summed E-state index contributed by atoms with van der Waals surface area (Å²) in [5.74, 6) is -0.0771. The molecule has 1 aromatic heterocycles. The highest BCUT2D eigenvalue weighted by Gasteiger charge is 2.26. The van der Waals surface area contributed by atoms with Crippen LogP contribution in [0.3, 0.4) is 0 Å². The molecule has 0 bridgehead atoms. The van der Waals surface area contributed by atoms with Gasteiger partial charge in [-0.1, -0.05) is 66.2 Å². The molecule has 0 radical (unpaired) electrons. The Kier molecular flexibility index (Phi) is 8.44. The molecule has 9 heteroatoms. The molecular weight excluding hydrogens is 566 g/mol. The summed E-state index contributed by atoms with van der Waals surface area (Å²) in [6.07, 6.45) is 0. The quantitative estimate of drug-likeness (QED) is 0.144. The number of aliphatic hydroxyl groups is 1. The van der Waals surface area contributed by atoms with Crippen LogP contribution >= 0.6 is 11.6 Å². The first-order chi connectivity index (χ1) is 20.9. The molecule has 0 atom stereocenters. The minimum atomic E-state index is -1.01. The highest BCUT2D eigenvalue weighted by Crippen LogP contribution is 2.34. The average Bonchev–Trinajstić information content (AvgIpc) is 3.37. The van der Waals surface area contributed by atoms with E-state index in [0.717, 1.165) is 47.4 Å². The van der Waals surface area contributed by atoms with Crippen LogP contribution in [0.5, 0.6) is 11.8 Å². The van der Waals surface area contributed by atoms with Gasteiger partial charge in [0.15, 0.2) is 0 Å². The maximum atomic E-state index is 11.5. The fourth-order valence-corrected chi connectivity index (χ4v) is 5.68. The van der Waals surface area contributed by atoms with Crippen molar-refractivity contribution in [1.29, 1.82) is 0 Å². The molecule has 3 N–H and O–H groups in total. The first kappa shape index (κ1) is 28.9. The smallest absolute Gasteiger partial charge is 0.336 e. The molecule has 5 aromatic rings. The molecule has 4 aromatic carbocycles. The standard InChI is InChI=1S/C34H32ClN3O5/c1-21-2-11-27(14-28(21)33(40)41)43-34-36-31-15-29(30(35)16-32(31)37-34)26-9-7-25(8-10-26)24-5-3-22(4-6-24)17-38-18-23(19-38)20-42-13-12-39/h2-11,14-16,23,39H,12-13,17-20H2,1H3,(H,36,37)(H,40,41). The van der Waals surface area contributed by atoms with E-state index in [2.05, 4.69) is 63.4 Å². The van der Waals surface area contributed by atoms with Crippen LogP contribution < -0.4 is 4.74 Å². The number of carboxylic acid groups (broad SMARTS) is 1. The maximum absolute atomic E-state index is 11.5. The van der Waals surface area contributed by atoms with Crippen molar-refractivity contribution >= 4 is 28.6 Å². The Labute approximate surface area is 254 Å². The van der Waals surface area contributed by atoms with Gasteiger partial charge in [-0.2, -0.15) is 4.98 Å². The molecule has 0 spiro atoms. The summed E-state index contributed by atoms with van der Waals surface area (Å²) < 4.78 is 11.3. The minimum Gasteiger partial charge on any atom is -0.478 e. The molecule has 6 rings (SSSR count). The van der Waals surface area contributed by atoms with Crippen LogP contribution in [0.1, 0.15) is 21.5 Å². The van der Waals surface area contributed by atoms with E-state index in [1.807, 2.05) is 12.1 Å². The number of aromatic amines is 1. The Hall–Kier alpha value is -4.21. The van der Waals surface area contributed by atoms with Crippen molar-refractivity contribution in [3.63, 3.8) is 0 Å². The molecule has 1 aliphatic heterocycles. The molecule has 1 fully saturated rings. The fraction of sp³-hybridized carbons (Fsp3) is 0.235. The first-order valence-corrected chi connectivity index (χ1v) is 14.6. The number of nitrogens with zero attached hydrogens (tertiary/aromatic N) is 2. The number of H-pyrrole nitrogens is 1. The summed E-state index contributed by atoms with van der Waals surface area (Å²) in [5.41, 5.74) is 7.61. The Balaban J connectivity index is 1.11. The normalized spacial score (nSPS) is 13.7. The highest BCUT2D eigenvalue weighted by atomic mass is 35.5. The van der Waals surface area contributed by atoms with Crippen molar-refractivity contribution in [3.05, 3.63) is 101 Å². The van der Waals surface area contributed by atoms with Gasteiger partial charge in [0.1, 0.15) is 5.75 Å². The van der Waals surface area contributed by atoms with Gasteiger partial charge in [0, 0.05) is 31.1 Å². The van der Waals surface area contributed by atoms with E-state index < -0.39 is 5.97 Å². The molecule has 1 saturated heterocycles. The summed E-state index contributed by atoms with van der Waals surface area (Å²) in [5, 5.41) is 18.8. The number of rotatable bonds is 11. The zero-order chi connectivity index (χ0) is 29.9. The van der Waals surface area contributed by atoms with E-state index in [1.165, 1.54) is 11.6 Å². The van der Waals surface area contributed by atoms with Crippen molar-refractivity contribution in [2.24, 2.45) is 5.92 Å². The van der Waals surface area contributed by atoms with E-state index in [0.29, 0.717) is 41.0 Å². The van der Waals surface area contributed by atoms with E-state index in [-0.39, 0.29) is 18.2 Å². The lowest BCUT2D eigenvalue weighted by Gasteiger charge is -2.39. The third kappa shape index (κ3) is 6.58. The summed E-state index contributed by atoms with van der Waals surface area (Å²) in [6, 6.07) is 25.9. The van der Waals surface area contributed by atoms with Crippen molar-refractivity contribution in [2.45, 2.75) is 13.5 Å². The van der Waals surface area contributed by atoms with Crippen LogP contribution in [0, 0.1) is 12.8 Å². The number of aryl methyl sites for hydroxylation is 1. The monoisotopic (exact) mass is 597 g/mol. The van der Waals surface area contributed by atoms with Gasteiger partial charge in [0.2, 0.25) is 0 Å². The van der Waals surface area contributed by atoms with Gasteiger partial charge in [-0.25, -0.2) is 4.79 Å². The summed E-state index contributed by atoms with van der Waals surface area (Å²) in [6.45, 7) is 5.91. The lowest BCUT2D eigenvalue weighted by Crippen LogP contribution is -2.48. The third-order valence-corrected chi connectivity index (χ3v) is 8.03. The molecule has 43 heavy (non-hydrogen) atoms. The number of benzene rings is 4. The number of halogens is 1.